The van der Waals surface area contributed by atoms with Crippen LogP contribution in [0.3, 0.4) is 0 Å². The lowest BCUT2D eigenvalue weighted by molar-refractivity contribution is -0.142. The first-order valence-electron chi connectivity index (χ1n) is 13.8. The molecule has 37 heavy (non-hydrogen) atoms. The van der Waals surface area contributed by atoms with Gasteiger partial charge in [0.2, 0.25) is 11.8 Å². The Hall–Kier alpha value is -2.22. The summed E-state index contributed by atoms with van der Waals surface area (Å²) in [6, 6.07) is 4.27. The summed E-state index contributed by atoms with van der Waals surface area (Å²) in [6.07, 6.45) is 7.28. The van der Waals surface area contributed by atoms with E-state index in [-0.39, 0.29) is 23.6 Å². The molecule has 1 aromatic rings. The van der Waals surface area contributed by atoms with Crippen LogP contribution in [0.2, 0.25) is 0 Å². The van der Waals surface area contributed by atoms with Crippen molar-refractivity contribution < 1.29 is 19.1 Å². The minimum atomic E-state index is -0.921. The Kier molecular flexibility index (Phi) is 12.3. The number of hydrogen-bond acceptors (Lipinski definition) is 5. The van der Waals surface area contributed by atoms with E-state index in [1.165, 1.54) is 6.42 Å². The molecule has 7 nitrogen and oxygen atoms in total. The third-order valence-electron chi connectivity index (χ3n) is 6.91. The van der Waals surface area contributed by atoms with E-state index in [0.29, 0.717) is 6.54 Å². The van der Waals surface area contributed by atoms with Crippen molar-refractivity contribution in [3.05, 3.63) is 34.9 Å². The Morgan fingerprint density at radius 3 is 2.38 bits per heavy atom. The Balaban J connectivity index is 2.45. The van der Waals surface area contributed by atoms with Crippen LogP contribution in [0, 0.1) is 13.8 Å². The molecule has 1 aliphatic carbocycles. The van der Waals surface area contributed by atoms with Gasteiger partial charge in [-0.05, 0) is 70.6 Å². The predicted molar refractivity (Wildman–Crippen MR) is 152 cm³/mol. The first-order chi connectivity index (χ1) is 17.5. The Labute approximate surface area is 228 Å². The summed E-state index contributed by atoms with van der Waals surface area (Å²) in [7, 11) is 0. The number of hydrogen-bond donors (Lipinski definition) is 3. The van der Waals surface area contributed by atoms with Crippen molar-refractivity contribution >= 4 is 30.5 Å². The minimum absolute atomic E-state index is 0.0894. The van der Waals surface area contributed by atoms with Crippen LogP contribution in [0.5, 0.6) is 0 Å². The van der Waals surface area contributed by atoms with Crippen molar-refractivity contribution in [1.29, 1.82) is 0 Å². The zero-order valence-electron chi connectivity index (χ0n) is 23.6. The van der Waals surface area contributed by atoms with Gasteiger partial charge < -0.3 is 20.3 Å². The molecule has 2 N–H and O–H groups in total. The maximum Gasteiger partial charge on any atom is 0.408 e. The average molecular weight is 534 g/mol. The van der Waals surface area contributed by atoms with E-state index in [4.69, 9.17) is 4.74 Å². The lowest BCUT2D eigenvalue weighted by Gasteiger charge is -2.36. The zero-order chi connectivity index (χ0) is 27.6. The van der Waals surface area contributed by atoms with Crippen LogP contribution in [0.25, 0.3) is 0 Å². The Bertz CT molecular complexity index is 909. The van der Waals surface area contributed by atoms with Crippen molar-refractivity contribution in [2.75, 3.05) is 12.3 Å². The number of unbranched alkanes of at least 4 members (excludes halogenated alkanes) is 2. The van der Waals surface area contributed by atoms with Crippen molar-refractivity contribution in [1.82, 2.24) is 15.5 Å². The Morgan fingerprint density at radius 2 is 1.78 bits per heavy atom. The molecular formula is C29H47N3O4S. The van der Waals surface area contributed by atoms with E-state index >= 15 is 0 Å². The number of carbonyl (C=O) groups is 3. The third kappa shape index (κ3) is 9.55. The highest BCUT2D eigenvalue weighted by molar-refractivity contribution is 7.80. The molecule has 0 heterocycles. The molecule has 0 saturated heterocycles. The summed E-state index contributed by atoms with van der Waals surface area (Å²) >= 11 is 4.38. The number of ether oxygens (including phenoxy) is 1. The number of aryl methyl sites for hydroxylation is 1. The third-order valence-corrected chi connectivity index (χ3v) is 7.28. The van der Waals surface area contributed by atoms with E-state index in [0.717, 1.165) is 61.6 Å². The molecule has 0 bridgehead atoms. The van der Waals surface area contributed by atoms with Crippen LogP contribution < -0.4 is 10.6 Å². The quantitative estimate of drug-likeness (QED) is 0.254. The summed E-state index contributed by atoms with van der Waals surface area (Å²) in [5, 5.41) is 5.94. The number of nitrogens with one attached hydrogen (secondary N) is 2. The number of rotatable bonds is 11. The van der Waals surface area contributed by atoms with Gasteiger partial charge in [-0.15, -0.1) is 0 Å². The molecule has 1 aromatic carbocycles. The van der Waals surface area contributed by atoms with Crippen LogP contribution in [0.1, 0.15) is 102 Å². The fourth-order valence-corrected chi connectivity index (χ4v) is 5.03. The number of benzene rings is 1. The van der Waals surface area contributed by atoms with E-state index in [1.807, 2.05) is 32.0 Å². The summed E-state index contributed by atoms with van der Waals surface area (Å²) in [6.45, 7) is 11.8. The molecular weight excluding hydrogens is 486 g/mol. The number of nitrogens with zero attached hydrogens (tertiary/aromatic N) is 1. The van der Waals surface area contributed by atoms with Crippen LogP contribution in [-0.4, -0.2) is 52.8 Å². The van der Waals surface area contributed by atoms with E-state index in [2.05, 4.69) is 30.2 Å². The molecule has 1 saturated carbocycles. The molecule has 8 heteroatoms. The lowest BCUT2D eigenvalue weighted by Crippen LogP contribution is -2.54. The molecule has 0 aliphatic heterocycles. The zero-order valence-corrected chi connectivity index (χ0v) is 24.5. The maximum atomic E-state index is 14.0. The van der Waals surface area contributed by atoms with E-state index in [9.17, 15) is 14.4 Å². The lowest BCUT2D eigenvalue weighted by atomic mass is 9.92. The molecule has 2 unspecified atom stereocenters. The molecule has 2 atom stereocenters. The van der Waals surface area contributed by atoms with Gasteiger partial charge in [-0.25, -0.2) is 4.79 Å². The summed E-state index contributed by atoms with van der Waals surface area (Å²) in [5.41, 5.74) is 2.16. The van der Waals surface area contributed by atoms with Crippen LogP contribution >= 0.6 is 12.6 Å². The SMILES string of the molecule is CCCCCN(C(=O)C(CS)NC(=O)OC(C)(C)C)C(C(=O)NC1CCCCC1)c1cccc(C)c1C. The highest BCUT2D eigenvalue weighted by Crippen LogP contribution is 2.29. The van der Waals surface area contributed by atoms with Crippen LogP contribution in [0.15, 0.2) is 18.2 Å². The standard InChI is InChI=1S/C29H47N3O4S/c1-7-8-12-18-32(27(34)24(19-37)31-28(35)36-29(4,5)6)25(23-17-13-14-20(2)21(23)3)26(33)30-22-15-10-9-11-16-22/h13-14,17,22,24-25,37H,7-12,15-16,18-19H2,1-6H3,(H,30,33)(H,31,35). The predicted octanol–water partition coefficient (Wildman–Crippen LogP) is 5.64. The molecule has 3 amide bonds. The highest BCUT2D eigenvalue weighted by Gasteiger charge is 2.37. The molecule has 2 rings (SSSR count). The number of thiol groups is 1. The van der Waals surface area contributed by atoms with E-state index in [1.54, 1.807) is 25.7 Å². The molecule has 208 valence electrons. The first kappa shape index (κ1) is 31.0. The second-order valence-electron chi connectivity index (χ2n) is 11.2. The summed E-state index contributed by atoms with van der Waals surface area (Å²) < 4.78 is 5.39. The normalized spacial score (nSPS) is 16.0. The summed E-state index contributed by atoms with van der Waals surface area (Å²) in [4.78, 5) is 42.1. The van der Waals surface area contributed by atoms with Crippen LogP contribution in [0.4, 0.5) is 4.79 Å². The number of amides is 3. The minimum Gasteiger partial charge on any atom is -0.444 e. The van der Waals surface area contributed by atoms with Gasteiger partial charge in [-0.1, -0.05) is 57.2 Å². The van der Waals surface area contributed by atoms with Crippen molar-refractivity contribution in [3.8, 4) is 0 Å². The molecule has 1 fully saturated rings. The fraction of sp³-hybridized carbons (Fsp3) is 0.690. The topological polar surface area (TPSA) is 87.7 Å². The van der Waals surface area contributed by atoms with Gasteiger partial charge >= 0.3 is 6.09 Å². The molecule has 0 radical (unpaired) electrons. The monoisotopic (exact) mass is 533 g/mol. The smallest absolute Gasteiger partial charge is 0.408 e. The average Bonchev–Trinajstić information content (AvgIpc) is 2.83. The molecule has 1 aliphatic rings. The van der Waals surface area contributed by atoms with E-state index < -0.39 is 23.8 Å². The summed E-state index contributed by atoms with van der Waals surface area (Å²) in [5.74, 6) is -0.408. The van der Waals surface area contributed by atoms with Gasteiger partial charge in [0.15, 0.2) is 0 Å². The fourth-order valence-electron chi connectivity index (χ4n) is 4.78. The second-order valence-corrected chi connectivity index (χ2v) is 11.5. The molecule has 0 spiro atoms. The molecule has 0 aromatic heterocycles. The first-order valence-corrected chi connectivity index (χ1v) is 14.4. The van der Waals surface area contributed by atoms with Crippen molar-refractivity contribution in [2.45, 2.75) is 117 Å². The van der Waals surface area contributed by atoms with Gasteiger partial charge in [0.05, 0.1) is 0 Å². The Morgan fingerprint density at radius 1 is 1.11 bits per heavy atom. The second kappa shape index (κ2) is 14.6. The van der Waals surface area contributed by atoms with Gasteiger partial charge in [0, 0.05) is 18.3 Å². The largest absolute Gasteiger partial charge is 0.444 e. The van der Waals surface area contributed by atoms with Crippen molar-refractivity contribution in [2.24, 2.45) is 0 Å². The van der Waals surface area contributed by atoms with Gasteiger partial charge in [-0.2, -0.15) is 12.6 Å². The number of alkyl carbamates (subject to hydrolysis) is 1. The van der Waals surface area contributed by atoms with Crippen LogP contribution in [-0.2, 0) is 14.3 Å². The van der Waals surface area contributed by atoms with Crippen molar-refractivity contribution in [3.63, 3.8) is 0 Å². The highest BCUT2D eigenvalue weighted by atomic mass is 32.1. The number of carbonyl (C=O) groups excluding carboxylic acids is 3. The van der Waals surface area contributed by atoms with Gasteiger partial charge in [0.25, 0.3) is 0 Å². The maximum absolute atomic E-state index is 14.0. The van der Waals surface area contributed by atoms with Gasteiger partial charge in [-0.3, -0.25) is 9.59 Å². The van der Waals surface area contributed by atoms with Gasteiger partial charge in [0.1, 0.15) is 17.7 Å².